The molecule has 0 spiro atoms. The van der Waals surface area contributed by atoms with E-state index in [9.17, 15) is 10.2 Å². The lowest BCUT2D eigenvalue weighted by molar-refractivity contribution is 0.474. The van der Waals surface area contributed by atoms with E-state index in [1.165, 1.54) is 0 Å². The highest BCUT2D eigenvalue weighted by Crippen LogP contribution is 2.24. The lowest BCUT2D eigenvalue weighted by atomic mass is 9.98. The van der Waals surface area contributed by atoms with Gasteiger partial charge in [0.15, 0.2) is 0 Å². The van der Waals surface area contributed by atoms with Crippen LogP contribution in [0.1, 0.15) is 24.0 Å². The van der Waals surface area contributed by atoms with E-state index < -0.39 is 0 Å². The first-order valence-corrected chi connectivity index (χ1v) is 6.34. The minimum absolute atomic E-state index is 0.169. The lowest BCUT2D eigenvalue weighted by Gasteiger charge is -2.09. The highest BCUT2D eigenvalue weighted by atomic mass is 16.3. The molecular formula is C17H18O2. The van der Waals surface area contributed by atoms with E-state index in [1.807, 2.05) is 13.0 Å². The Kier molecular flexibility index (Phi) is 3.91. The molecule has 1 aliphatic rings. The molecule has 0 unspecified atom stereocenters. The van der Waals surface area contributed by atoms with Crippen molar-refractivity contribution < 1.29 is 10.2 Å². The number of hydrogen-bond acceptors (Lipinski definition) is 2. The summed E-state index contributed by atoms with van der Waals surface area (Å²) >= 11 is 0. The summed E-state index contributed by atoms with van der Waals surface area (Å²) < 4.78 is 0. The SMILES string of the molecule is C=C(/C=C(/O)c1ccc(O)cc1C)C1=CCCC=C1. The Morgan fingerprint density at radius 2 is 2.11 bits per heavy atom. The van der Waals surface area contributed by atoms with Crippen LogP contribution in [0.5, 0.6) is 5.75 Å². The van der Waals surface area contributed by atoms with Gasteiger partial charge in [-0.15, -0.1) is 0 Å². The Morgan fingerprint density at radius 1 is 1.32 bits per heavy atom. The number of aliphatic hydroxyl groups is 1. The second kappa shape index (κ2) is 5.61. The molecule has 2 nitrogen and oxygen atoms in total. The zero-order chi connectivity index (χ0) is 13.8. The van der Waals surface area contributed by atoms with Gasteiger partial charge in [-0.2, -0.15) is 0 Å². The molecule has 2 N–H and O–H groups in total. The molecular weight excluding hydrogens is 236 g/mol. The number of phenolic OH excluding ortho intramolecular Hbond substituents is 1. The molecule has 98 valence electrons. The third kappa shape index (κ3) is 3.16. The molecule has 0 atom stereocenters. The van der Waals surface area contributed by atoms with E-state index in [1.54, 1.807) is 24.3 Å². The summed E-state index contributed by atoms with van der Waals surface area (Å²) in [5, 5.41) is 19.5. The van der Waals surface area contributed by atoms with Gasteiger partial charge >= 0.3 is 0 Å². The van der Waals surface area contributed by atoms with Gasteiger partial charge in [-0.05, 0) is 60.8 Å². The second-order valence-corrected chi connectivity index (χ2v) is 4.69. The molecule has 0 radical (unpaired) electrons. The number of phenols is 1. The summed E-state index contributed by atoms with van der Waals surface area (Å²) in [6.07, 6.45) is 9.99. The van der Waals surface area contributed by atoms with Crippen LogP contribution >= 0.6 is 0 Å². The van der Waals surface area contributed by atoms with E-state index in [4.69, 9.17) is 0 Å². The van der Waals surface area contributed by atoms with Crippen LogP contribution in [-0.4, -0.2) is 10.2 Å². The maximum absolute atomic E-state index is 10.2. The van der Waals surface area contributed by atoms with Crippen LogP contribution in [0.15, 0.2) is 60.2 Å². The number of allylic oxidation sites excluding steroid dienone is 6. The Balaban J connectivity index is 2.25. The van der Waals surface area contributed by atoms with Gasteiger partial charge in [0.05, 0.1) is 0 Å². The number of rotatable bonds is 3. The van der Waals surface area contributed by atoms with Gasteiger partial charge in [0.1, 0.15) is 11.5 Å². The van der Waals surface area contributed by atoms with Gasteiger partial charge in [0.2, 0.25) is 0 Å². The molecule has 1 aromatic rings. The standard InChI is InChI=1S/C17H18O2/c1-12(14-6-4-3-5-7-14)11-17(19)16-9-8-15(18)10-13(16)2/h4,6-11,18-19H,1,3,5H2,2H3/b17-11+. The van der Waals surface area contributed by atoms with Crippen LogP contribution in [-0.2, 0) is 0 Å². The average Bonchev–Trinajstić information content (AvgIpc) is 2.39. The first kappa shape index (κ1) is 13.2. The van der Waals surface area contributed by atoms with Crippen LogP contribution in [0.3, 0.4) is 0 Å². The van der Waals surface area contributed by atoms with Crippen LogP contribution in [0.25, 0.3) is 5.76 Å². The Bertz CT molecular complexity index is 589. The van der Waals surface area contributed by atoms with Crippen LogP contribution < -0.4 is 0 Å². The predicted octanol–water partition coefficient (Wildman–Crippen LogP) is 4.43. The fourth-order valence-corrected chi connectivity index (χ4v) is 2.11. The first-order chi connectivity index (χ1) is 9.08. The maximum atomic E-state index is 10.2. The number of aliphatic hydroxyl groups excluding tert-OH is 1. The summed E-state index contributed by atoms with van der Waals surface area (Å²) in [4.78, 5) is 0. The van der Waals surface area contributed by atoms with E-state index in [-0.39, 0.29) is 11.5 Å². The van der Waals surface area contributed by atoms with Crippen molar-refractivity contribution in [2.45, 2.75) is 19.8 Å². The van der Waals surface area contributed by atoms with E-state index in [2.05, 4.69) is 18.7 Å². The van der Waals surface area contributed by atoms with Crippen LogP contribution in [0, 0.1) is 6.92 Å². The third-order valence-electron chi connectivity index (χ3n) is 3.16. The van der Waals surface area contributed by atoms with Gasteiger partial charge in [-0.3, -0.25) is 0 Å². The van der Waals surface area contributed by atoms with E-state index in [0.717, 1.165) is 29.6 Å². The van der Waals surface area contributed by atoms with Crippen molar-refractivity contribution in [2.75, 3.05) is 0 Å². The van der Waals surface area contributed by atoms with Gasteiger partial charge in [0, 0.05) is 5.56 Å². The van der Waals surface area contributed by atoms with Gasteiger partial charge in [-0.25, -0.2) is 0 Å². The van der Waals surface area contributed by atoms with Crippen molar-refractivity contribution in [3.8, 4) is 5.75 Å². The van der Waals surface area contributed by atoms with Crippen molar-refractivity contribution in [3.05, 3.63) is 71.4 Å². The molecule has 0 aromatic heterocycles. The fraction of sp³-hybridized carbons (Fsp3) is 0.176. The van der Waals surface area contributed by atoms with Gasteiger partial charge < -0.3 is 10.2 Å². The molecule has 0 heterocycles. The number of benzene rings is 1. The van der Waals surface area contributed by atoms with Crippen LogP contribution in [0.2, 0.25) is 0 Å². The molecule has 0 amide bonds. The number of hydrogen-bond donors (Lipinski definition) is 2. The smallest absolute Gasteiger partial charge is 0.123 e. The highest BCUT2D eigenvalue weighted by molar-refractivity contribution is 5.67. The number of aryl methyl sites for hydroxylation is 1. The molecule has 0 aliphatic heterocycles. The van der Waals surface area contributed by atoms with Crippen LogP contribution in [0.4, 0.5) is 0 Å². The Morgan fingerprint density at radius 3 is 2.74 bits per heavy atom. The van der Waals surface area contributed by atoms with Gasteiger partial charge in [0.25, 0.3) is 0 Å². The summed E-state index contributed by atoms with van der Waals surface area (Å²) in [6, 6.07) is 4.89. The monoisotopic (exact) mass is 254 g/mol. The van der Waals surface area contributed by atoms with Crippen molar-refractivity contribution in [1.29, 1.82) is 0 Å². The zero-order valence-electron chi connectivity index (χ0n) is 11.1. The third-order valence-corrected chi connectivity index (χ3v) is 3.16. The fourth-order valence-electron chi connectivity index (χ4n) is 2.11. The number of aromatic hydroxyl groups is 1. The molecule has 1 aromatic carbocycles. The second-order valence-electron chi connectivity index (χ2n) is 4.69. The summed E-state index contributed by atoms with van der Waals surface area (Å²) in [5.41, 5.74) is 3.38. The summed E-state index contributed by atoms with van der Waals surface area (Å²) in [7, 11) is 0. The normalized spacial score (nSPS) is 15.2. The first-order valence-electron chi connectivity index (χ1n) is 6.34. The zero-order valence-corrected chi connectivity index (χ0v) is 11.1. The average molecular weight is 254 g/mol. The minimum atomic E-state index is 0.169. The van der Waals surface area contributed by atoms with Crippen molar-refractivity contribution in [2.24, 2.45) is 0 Å². The summed E-state index contributed by atoms with van der Waals surface area (Å²) in [5.74, 6) is 0.369. The predicted molar refractivity (Wildman–Crippen MR) is 79.0 cm³/mol. The van der Waals surface area contributed by atoms with Crippen molar-refractivity contribution in [1.82, 2.24) is 0 Å². The van der Waals surface area contributed by atoms with E-state index >= 15 is 0 Å². The molecule has 1 aliphatic carbocycles. The van der Waals surface area contributed by atoms with Crippen molar-refractivity contribution >= 4 is 5.76 Å². The minimum Gasteiger partial charge on any atom is -0.508 e. The van der Waals surface area contributed by atoms with E-state index in [0.29, 0.717) is 5.56 Å². The summed E-state index contributed by atoms with van der Waals surface area (Å²) in [6.45, 7) is 5.83. The Labute approximate surface area is 113 Å². The lowest BCUT2D eigenvalue weighted by Crippen LogP contribution is -1.91. The molecule has 2 rings (SSSR count). The largest absolute Gasteiger partial charge is 0.508 e. The van der Waals surface area contributed by atoms with Crippen molar-refractivity contribution in [3.63, 3.8) is 0 Å². The molecule has 0 bridgehead atoms. The molecule has 2 heteroatoms. The topological polar surface area (TPSA) is 40.5 Å². The molecule has 0 saturated heterocycles. The molecule has 0 fully saturated rings. The molecule has 0 saturated carbocycles. The Hall–Kier alpha value is -2.22. The quantitative estimate of drug-likeness (QED) is 0.618. The maximum Gasteiger partial charge on any atom is 0.123 e. The highest BCUT2D eigenvalue weighted by Gasteiger charge is 2.06. The molecule has 19 heavy (non-hydrogen) atoms. The van der Waals surface area contributed by atoms with Gasteiger partial charge in [-0.1, -0.05) is 24.8 Å².